The molecule has 0 atom stereocenters. The molecule has 3 amide bonds. The molecule has 2 aliphatic heterocycles. The van der Waals surface area contributed by atoms with Crippen molar-refractivity contribution in [2.75, 3.05) is 49.5 Å². The average molecular weight is 417 g/mol. The Bertz CT molecular complexity index is 810. The van der Waals surface area contributed by atoms with Gasteiger partial charge in [0.05, 0.1) is 6.54 Å². The lowest BCUT2D eigenvalue weighted by atomic mass is 10.1. The van der Waals surface area contributed by atoms with Crippen molar-refractivity contribution in [1.29, 1.82) is 0 Å². The second-order valence-electron chi connectivity index (χ2n) is 8.80. The van der Waals surface area contributed by atoms with Crippen LogP contribution >= 0.6 is 0 Å². The van der Waals surface area contributed by atoms with E-state index < -0.39 is 5.60 Å². The first kappa shape index (κ1) is 21.9. The Morgan fingerprint density at radius 1 is 1.07 bits per heavy atom. The normalized spacial score (nSPS) is 17.3. The van der Waals surface area contributed by atoms with E-state index in [2.05, 4.69) is 5.32 Å². The van der Waals surface area contributed by atoms with Gasteiger partial charge in [0.25, 0.3) is 0 Å². The van der Waals surface area contributed by atoms with Gasteiger partial charge >= 0.3 is 6.09 Å². The van der Waals surface area contributed by atoms with Crippen molar-refractivity contribution in [2.45, 2.75) is 46.1 Å². The zero-order valence-electron chi connectivity index (χ0n) is 18.4. The number of anilines is 2. The van der Waals surface area contributed by atoms with E-state index in [4.69, 9.17) is 4.74 Å². The standard InChI is InChI=1S/C22H32N4O4/c1-16-17(7-5-8-18(16)26-10-6-9-19(26)27)23-15-20(28)24-11-13-25(14-12-24)21(29)30-22(2,3)4/h5,7-8,23H,6,9-15H2,1-4H3. The number of rotatable bonds is 4. The Kier molecular flexibility index (Phi) is 6.53. The Morgan fingerprint density at radius 2 is 1.73 bits per heavy atom. The summed E-state index contributed by atoms with van der Waals surface area (Å²) in [6.45, 7) is 10.3. The SMILES string of the molecule is Cc1c(NCC(=O)N2CCN(C(=O)OC(C)(C)C)CC2)cccc1N1CCCC1=O. The van der Waals surface area contributed by atoms with E-state index in [9.17, 15) is 14.4 Å². The van der Waals surface area contributed by atoms with Crippen LogP contribution in [0.25, 0.3) is 0 Å². The minimum absolute atomic E-state index is 0.0131. The van der Waals surface area contributed by atoms with Gasteiger partial charge in [0, 0.05) is 50.5 Å². The molecular weight excluding hydrogens is 384 g/mol. The number of nitrogens with zero attached hydrogens (tertiary/aromatic N) is 3. The van der Waals surface area contributed by atoms with Gasteiger partial charge in [-0.15, -0.1) is 0 Å². The van der Waals surface area contributed by atoms with E-state index in [1.165, 1.54) is 0 Å². The molecule has 8 heteroatoms. The third-order valence-corrected chi connectivity index (χ3v) is 5.38. The van der Waals surface area contributed by atoms with Crippen molar-refractivity contribution in [2.24, 2.45) is 0 Å². The maximum absolute atomic E-state index is 12.6. The molecule has 2 saturated heterocycles. The van der Waals surface area contributed by atoms with E-state index in [0.717, 1.165) is 29.9 Å². The molecule has 0 aromatic heterocycles. The van der Waals surface area contributed by atoms with Crippen LogP contribution < -0.4 is 10.2 Å². The van der Waals surface area contributed by atoms with Crippen molar-refractivity contribution in [3.63, 3.8) is 0 Å². The largest absolute Gasteiger partial charge is 0.444 e. The van der Waals surface area contributed by atoms with E-state index in [1.807, 2.05) is 50.8 Å². The van der Waals surface area contributed by atoms with Crippen LogP contribution in [0.3, 0.4) is 0 Å². The topological polar surface area (TPSA) is 82.2 Å². The lowest BCUT2D eigenvalue weighted by Crippen LogP contribution is -2.52. The highest BCUT2D eigenvalue weighted by Crippen LogP contribution is 2.29. The average Bonchev–Trinajstić information content (AvgIpc) is 3.11. The highest BCUT2D eigenvalue weighted by atomic mass is 16.6. The summed E-state index contributed by atoms with van der Waals surface area (Å²) in [6, 6.07) is 5.77. The third kappa shape index (κ3) is 5.23. The zero-order valence-corrected chi connectivity index (χ0v) is 18.4. The molecule has 8 nitrogen and oxygen atoms in total. The molecule has 0 saturated carbocycles. The number of piperazine rings is 1. The van der Waals surface area contributed by atoms with Crippen LogP contribution in [0.2, 0.25) is 0 Å². The van der Waals surface area contributed by atoms with E-state index in [-0.39, 0.29) is 24.5 Å². The predicted molar refractivity (Wildman–Crippen MR) is 116 cm³/mol. The molecule has 1 aromatic carbocycles. The number of amides is 3. The quantitative estimate of drug-likeness (QED) is 0.816. The van der Waals surface area contributed by atoms with Gasteiger partial charge < -0.3 is 24.8 Å². The molecule has 0 spiro atoms. The first-order valence-electron chi connectivity index (χ1n) is 10.6. The van der Waals surface area contributed by atoms with Gasteiger partial charge in [-0.1, -0.05) is 6.07 Å². The first-order valence-corrected chi connectivity index (χ1v) is 10.6. The van der Waals surface area contributed by atoms with Crippen LogP contribution in [-0.4, -0.2) is 72.6 Å². The van der Waals surface area contributed by atoms with Crippen molar-refractivity contribution in [1.82, 2.24) is 9.80 Å². The van der Waals surface area contributed by atoms with Crippen LogP contribution in [-0.2, 0) is 14.3 Å². The fraction of sp³-hybridized carbons (Fsp3) is 0.591. The number of ether oxygens (including phenoxy) is 1. The summed E-state index contributed by atoms with van der Waals surface area (Å²) < 4.78 is 5.40. The smallest absolute Gasteiger partial charge is 0.410 e. The summed E-state index contributed by atoms with van der Waals surface area (Å²) in [5.74, 6) is 0.134. The fourth-order valence-electron chi connectivity index (χ4n) is 3.76. The molecule has 0 bridgehead atoms. The minimum Gasteiger partial charge on any atom is -0.444 e. The van der Waals surface area contributed by atoms with Gasteiger partial charge in [-0.25, -0.2) is 4.79 Å². The molecule has 164 valence electrons. The highest BCUT2D eigenvalue weighted by Gasteiger charge is 2.28. The molecule has 3 rings (SSSR count). The number of nitrogens with one attached hydrogen (secondary N) is 1. The lowest BCUT2D eigenvalue weighted by molar-refractivity contribution is -0.131. The van der Waals surface area contributed by atoms with Crippen molar-refractivity contribution < 1.29 is 19.1 Å². The Labute approximate surface area is 178 Å². The van der Waals surface area contributed by atoms with Gasteiger partial charge in [0.15, 0.2) is 0 Å². The molecule has 2 fully saturated rings. The summed E-state index contributed by atoms with van der Waals surface area (Å²) in [4.78, 5) is 42.1. The van der Waals surface area contributed by atoms with Gasteiger partial charge in [0.2, 0.25) is 11.8 Å². The Balaban J connectivity index is 1.52. The van der Waals surface area contributed by atoms with Gasteiger partial charge in [-0.05, 0) is 51.8 Å². The first-order chi connectivity index (χ1) is 14.2. The summed E-state index contributed by atoms with van der Waals surface area (Å²) in [7, 11) is 0. The Morgan fingerprint density at radius 3 is 2.33 bits per heavy atom. The summed E-state index contributed by atoms with van der Waals surface area (Å²) in [5.41, 5.74) is 2.20. The van der Waals surface area contributed by atoms with Crippen LogP contribution in [0, 0.1) is 6.92 Å². The minimum atomic E-state index is -0.528. The lowest BCUT2D eigenvalue weighted by Gasteiger charge is -2.35. The van der Waals surface area contributed by atoms with Gasteiger partial charge in [0.1, 0.15) is 5.60 Å². The maximum atomic E-state index is 12.6. The zero-order chi connectivity index (χ0) is 21.9. The van der Waals surface area contributed by atoms with E-state index >= 15 is 0 Å². The summed E-state index contributed by atoms with van der Waals surface area (Å²) in [6.07, 6.45) is 1.13. The van der Waals surface area contributed by atoms with Crippen molar-refractivity contribution in [3.05, 3.63) is 23.8 Å². The number of carbonyl (C=O) groups is 3. The summed E-state index contributed by atoms with van der Waals surface area (Å²) >= 11 is 0. The van der Waals surface area contributed by atoms with Crippen LogP contribution in [0.4, 0.5) is 16.2 Å². The van der Waals surface area contributed by atoms with Crippen LogP contribution in [0.5, 0.6) is 0 Å². The molecule has 1 aromatic rings. The van der Waals surface area contributed by atoms with Gasteiger partial charge in [-0.2, -0.15) is 0 Å². The van der Waals surface area contributed by atoms with Crippen LogP contribution in [0.1, 0.15) is 39.2 Å². The highest BCUT2D eigenvalue weighted by molar-refractivity contribution is 5.97. The van der Waals surface area contributed by atoms with Crippen molar-refractivity contribution >= 4 is 29.3 Å². The summed E-state index contributed by atoms with van der Waals surface area (Å²) in [5, 5.41) is 3.22. The molecule has 1 N–H and O–H groups in total. The van der Waals surface area contributed by atoms with Gasteiger partial charge in [-0.3, -0.25) is 9.59 Å². The predicted octanol–water partition coefficient (Wildman–Crippen LogP) is 2.61. The molecule has 2 heterocycles. The van der Waals surface area contributed by atoms with E-state index in [0.29, 0.717) is 32.6 Å². The number of benzene rings is 1. The molecule has 0 radical (unpaired) electrons. The molecule has 30 heavy (non-hydrogen) atoms. The second kappa shape index (κ2) is 8.93. The van der Waals surface area contributed by atoms with Crippen LogP contribution in [0.15, 0.2) is 18.2 Å². The maximum Gasteiger partial charge on any atom is 0.410 e. The van der Waals surface area contributed by atoms with E-state index in [1.54, 1.807) is 9.80 Å². The Hall–Kier alpha value is -2.77. The monoisotopic (exact) mass is 416 g/mol. The molecule has 0 unspecified atom stereocenters. The molecular formula is C22H32N4O4. The number of carbonyl (C=O) groups excluding carboxylic acids is 3. The second-order valence-corrected chi connectivity index (χ2v) is 8.80. The molecule has 2 aliphatic rings. The van der Waals surface area contributed by atoms with Crippen molar-refractivity contribution in [3.8, 4) is 0 Å². The third-order valence-electron chi connectivity index (χ3n) is 5.38. The molecule has 0 aliphatic carbocycles. The number of hydrogen-bond acceptors (Lipinski definition) is 5. The number of hydrogen-bond donors (Lipinski definition) is 1. The fourth-order valence-corrected chi connectivity index (χ4v) is 3.76.